The van der Waals surface area contributed by atoms with E-state index in [0.29, 0.717) is 17.9 Å². The van der Waals surface area contributed by atoms with E-state index in [2.05, 4.69) is 68.3 Å². The van der Waals surface area contributed by atoms with E-state index >= 15 is 0 Å². The SMILES string of the molecule is Cc1ccc(C2CC3CCC(C2c2nc4ccc(C)cc4s2)N3C)cc1. The van der Waals surface area contributed by atoms with E-state index in [4.69, 9.17) is 4.98 Å². The maximum Gasteiger partial charge on any atom is 0.0991 e. The molecule has 0 N–H and O–H groups in total. The molecule has 4 unspecified atom stereocenters. The molecule has 2 aromatic carbocycles. The van der Waals surface area contributed by atoms with Crippen LogP contribution in [0.2, 0.25) is 0 Å². The fourth-order valence-corrected chi connectivity index (χ4v) is 6.44. The minimum atomic E-state index is 0.513. The molecule has 2 nitrogen and oxygen atoms in total. The first-order valence-electron chi connectivity index (χ1n) is 9.76. The highest BCUT2D eigenvalue weighted by molar-refractivity contribution is 7.18. The maximum absolute atomic E-state index is 5.11. The van der Waals surface area contributed by atoms with E-state index in [9.17, 15) is 0 Å². The van der Waals surface area contributed by atoms with Crippen molar-refractivity contribution in [2.24, 2.45) is 0 Å². The number of thiazole rings is 1. The van der Waals surface area contributed by atoms with Crippen LogP contribution in [0.15, 0.2) is 42.5 Å². The van der Waals surface area contributed by atoms with Gasteiger partial charge in [-0.15, -0.1) is 11.3 Å². The Morgan fingerprint density at radius 2 is 1.77 bits per heavy atom. The molecule has 3 heteroatoms. The van der Waals surface area contributed by atoms with Gasteiger partial charge in [0.25, 0.3) is 0 Å². The van der Waals surface area contributed by atoms with Crippen LogP contribution in [0, 0.1) is 13.8 Å². The summed E-state index contributed by atoms with van der Waals surface area (Å²) in [6.07, 6.45) is 3.91. The number of benzene rings is 2. The van der Waals surface area contributed by atoms with Crippen molar-refractivity contribution in [1.82, 2.24) is 9.88 Å². The van der Waals surface area contributed by atoms with E-state index in [-0.39, 0.29) is 0 Å². The van der Waals surface area contributed by atoms with Gasteiger partial charge in [0.1, 0.15) is 0 Å². The lowest BCUT2D eigenvalue weighted by molar-refractivity contribution is 0.137. The molecule has 134 valence electrons. The quantitative estimate of drug-likeness (QED) is 0.586. The van der Waals surface area contributed by atoms with Crippen LogP contribution < -0.4 is 0 Å². The number of hydrogen-bond donors (Lipinski definition) is 0. The molecule has 3 aromatic rings. The van der Waals surface area contributed by atoms with E-state index in [1.807, 2.05) is 11.3 Å². The second-order valence-electron chi connectivity index (χ2n) is 8.27. The lowest BCUT2D eigenvalue weighted by Gasteiger charge is -2.42. The van der Waals surface area contributed by atoms with E-state index < -0.39 is 0 Å². The molecule has 0 saturated carbocycles. The summed E-state index contributed by atoms with van der Waals surface area (Å²) in [5.74, 6) is 1.10. The summed E-state index contributed by atoms with van der Waals surface area (Å²) in [7, 11) is 2.33. The van der Waals surface area contributed by atoms with Gasteiger partial charge in [0.2, 0.25) is 0 Å². The van der Waals surface area contributed by atoms with Gasteiger partial charge < -0.3 is 0 Å². The van der Waals surface area contributed by atoms with Crippen molar-refractivity contribution in [3.8, 4) is 0 Å². The third-order valence-corrected chi connectivity index (χ3v) is 7.74. The van der Waals surface area contributed by atoms with E-state index in [1.165, 1.54) is 51.2 Å². The Labute approximate surface area is 159 Å². The fraction of sp³-hybridized carbons (Fsp3) is 0.435. The van der Waals surface area contributed by atoms with Crippen molar-refractivity contribution in [3.63, 3.8) is 0 Å². The second kappa shape index (κ2) is 6.17. The molecule has 26 heavy (non-hydrogen) atoms. The van der Waals surface area contributed by atoms with Gasteiger partial charge in [0.05, 0.1) is 15.2 Å². The van der Waals surface area contributed by atoms with E-state index in [1.54, 1.807) is 0 Å². The number of nitrogens with zero attached hydrogens (tertiary/aromatic N) is 2. The molecule has 1 aromatic heterocycles. The second-order valence-corrected chi connectivity index (χ2v) is 9.33. The highest BCUT2D eigenvalue weighted by Crippen LogP contribution is 2.52. The highest BCUT2D eigenvalue weighted by Gasteiger charge is 2.47. The third-order valence-electron chi connectivity index (χ3n) is 6.62. The smallest absolute Gasteiger partial charge is 0.0991 e. The Hall–Kier alpha value is -1.71. The summed E-state index contributed by atoms with van der Waals surface area (Å²) < 4.78 is 1.34. The van der Waals surface area contributed by atoms with Crippen molar-refractivity contribution < 1.29 is 0 Å². The van der Waals surface area contributed by atoms with Gasteiger partial charge in [-0.05, 0) is 69.3 Å². The molecule has 4 atom stereocenters. The summed E-state index contributed by atoms with van der Waals surface area (Å²) in [6, 6.07) is 17.3. The van der Waals surface area contributed by atoms with Crippen LogP contribution in [0.25, 0.3) is 10.2 Å². The van der Waals surface area contributed by atoms with Gasteiger partial charge >= 0.3 is 0 Å². The van der Waals surface area contributed by atoms with Crippen LogP contribution in [0.3, 0.4) is 0 Å². The van der Waals surface area contributed by atoms with Crippen molar-refractivity contribution in [2.45, 2.75) is 57.0 Å². The zero-order valence-electron chi connectivity index (χ0n) is 15.8. The molecular weight excluding hydrogens is 336 g/mol. The molecule has 2 saturated heterocycles. The van der Waals surface area contributed by atoms with E-state index in [0.717, 1.165) is 6.04 Å². The largest absolute Gasteiger partial charge is 0.300 e. The Morgan fingerprint density at radius 3 is 2.58 bits per heavy atom. The average molecular weight is 363 g/mol. The minimum absolute atomic E-state index is 0.513. The normalized spacial score (nSPS) is 28.7. The van der Waals surface area contributed by atoms with Crippen molar-refractivity contribution >= 4 is 21.6 Å². The summed E-state index contributed by atoms with van der Waals surface area (Å²) in [4.78, 5) is 7.76. The van der Waals surface area contributed by atoms with Crippen LogP contribution in [-0.4, -0.2) is 29.0 Å². The van der Waals surface area contributed by atoms with Crippen molar-refractivity contribution in [3.05, 3.63) is 64.2 Å². The molecule has 3 heterocycles. The molecule has 0 amide bonds. The first-order valence-corrected chi connectivity index (χ1v) is 10.6. The highest BCUT2D eigenvalue weighted by atomic mass is 32.1. The lowest BCUT2D eigenvalue weighted by Crippen LogP contribution is -2.44. The molecule has 2 bridgehead atoms. The average Bonchev–Trinajstić information content (AvgIpc) is 3.13. The predicted octanol–water partition coefficient (Wildman–Crippen LogP) is 5.65. The molecule has 2 fully saturated rings. The number of fused-ring (bicyclic) bond motifs is 3. The van der Waals surface area contributed by atoms with Crippen LogP contribution >= 0.6 is 11.3 Å². The molecule has 0 spiro atoms. The number of aromatic nitrogens is 1. The maximum atomic E-state index is 5.11. The van der Waals surface area contributed by atoms with Crippen LogP contribution in [-0.2, 0) is 0 Å². The van der Waals surface area contributed by atoms with Crippen molar-refractivity contribution in [1.29, 1.82) is 0 Å². The molecule has 0 radical (unpaired) electrons. The molecule has 5 rings (SSSR count). The van der Waals surface area contributed by atoms with Gasteiger partial charge in [-0.1, -0.05) is 35.9 Å². The first kappa shape index (κ1) is 16.5. The molecule has 0 aliphatic carbocycles. The summed E-state index contributed by atoms with van der Waals surface area (Å²) in [5, 5.41) is 1.34. The minimum Gasteiger partial charge on any atom is -0.300 e. The van der Waals surface area contributed by atoms with Crippen molar-refractivity contribution in [2.75, 3.05) is 7.05 Å². The fourth-order valence-electron chi connectivity index (χ4n) is 5.15. The van der Waals surface area contributed by atoms with Gasteiger partial charge in [0.15, 0.2) is 0 Å². The molecular formula is C23H26N2S. The Balaban J connectivity index is 1.61. The van der Waals surface area contributed by atoms with Crippen LogP contribution in [0.5, 0.6) is 0 Å². The van der Waals surface area contributed by atoms with Gasteiger partial charge in [-0.2, -0.15) is 0 Å². The number of rotatable bonds is 2. The summed E-state index contributed by atoms with van der Waals surface area (Å²) in [5.41, 5.74) is 5.34. The van der Waals surface area contributed by atoms with Gasteiger partial charge in [-0.25, -0.2) is 4.98 Å². The number of likely N-dealkylation sites (N-methyl/N-ethyl adjacent to an activating group) is 1. The Morgan fingerprint density at radius 1 is 1.00 bits per heavy atom. The Kier molecular flexibility index (Phi) is 3.91. The first-order chi connectivity index (χ1) is 12.6. The third kappa shape index (κ3) is 2.60. The Bertz CT molecular complexity index is 943. The zero-order valence-corrected chi connectivity index (χ0v) is 16.6. The monoisotopic (exact) mass is 362 g/mol. The standard InChI is InChI=1S/C23H26N2S/c1-14-4-7-16(8-5-14)18-13-17-9-11-20(25(17)3)22(18)23-24-19-10-6-15(2)12-21(19)26-23/h4-8,10,12,17-18,20,22H,9,11,13H2,1-3H3. The lowest BCUT2D eigenvalue weighted by atomic mass is 9.76. The van der Waals surface area contributed by atoms with Gasteiger partial charge in [-0.3, -0.25) is 4.90 Å². The van der Waals surface area contributed by atoms with Gasteiger partial charge in [0, 0.05) is 18.0 Å². The predicted molar refractivity (Wildman–Crippen MR) is 110 cm³/mol. The summed E-state index contributed by atoms with van der Waals surface area (Å²) >= 11 is 1.92. The topological polar surface area (TPSA) is 16.1 Å². The number of hydrogen-bond acceptors (Lipinski definition) is 3. The van der Waals surface area contributed by atoms with Crippen LogP contribution in [0.1, 0.15) is 52.8 Å². The molecule has 2 aliphatic heterocycles. The number of piperidine rings is 1. The molecule has 2 aliphatic rings. The number of aryl methyl sites for hydroxylation is 2. The zero-order chi connectivity index (χ0) is 17.8. The van der Waals surface area contributed by atoms with Crippen LogP contribution in [0.4, 0.5) is 0 Å². The summed E-state index contributed by atoms with van der Waals surface area (Å²) in [6.45, 7) is 4.35.